The zero-order chi connectivity index (χ0) is 40.5. The first-order valence-electron chi connectivity index (χ1n) is 18.7. The van der Waals surface area contributed by atoms with Gasteiger partial charge in [0, 0.05) is 48.9 Å². The number of fused-ring (bicyclic) bond motifs is 2. The van der Waals surface area contributed by atoms with Gasteiger partial charge in [0.05, 0.1) is 17.3 Å². The van der Waals surface area contributed by atoms with Crippen molar-refractivity contribution in [2.24, 2.45) is 0 Å². The van der Waals surface area contributed by atoms with Crippen LogP contribution in [0.2, 0.25) is 0 Å². The van der Waals surface area contributed by atoms with Gasteiger partial charge in [-0.3, -0.25) is 19.6 Å². The molecular weight excluding hydrogens is 729 g/mol. The van der Waals surface area contributed by atoms with Crippen LogP contribution in [0.3, 0.4) is 0 Å². The van der Waals surface area contributed by atoms with Crippen LogP contribution in [0.5, 0.6) is 5.75 Å². The maximum absolute atomic E-state index is 14.3. The summed E-state index contributed by atoms with van der Waals surface area (Å²) in [4.78, 5) is 35.8. The number of ether oxygens (including phenoxy) is 1. The Labute approximate surface area is 328 Å². The summed E-state index contributed by atoms with van der Waals surface area (Å²) in [6, 6.07) is 34.5. The zero-order valence-electron chi connectivity index (χ0n) is 32.3. The van der Waals surface area contributed by atoms with Gasteiger partial charge in [-0.15, -0.1) is 0 Å². The largest absolute Gasteiger partial charge is 0.435 e. The molecular formula is C44H43F2N7O4. The average Bonchev–Trinajstić information content (AvgIpc) is 3.74. The Kier molecular flexibility index (Phi) is 10.3. The molecule has 7 aromatic rings. The number of nitrogens with zero attached hydrogens (tertiary/aromatic N) is 6. The molecule has 0 aliphatic rings. The number of halogens is 2. The molecule has 0 bridgehead atoms. The van der Waals surface area contributed by atoms with Crippen molar-refractivity contribution in [3.8, 4) is 17.1 Å². The summed E-state index contributed by atoms with van der Waals surface area (Å²) in [5.74, 6) is -0.436. The van der Waals surface area contributed by atoms with E-state index in [1.54, 1.807) is 37.0 Å². The summed E-state index contributed by atoms with van der Waals surface area (Å²) in [5.41, 5.74) is 2.20. The van der Waals surface area contributed by atoms with Crippen LogP contribution in [-0.2, 0) is 12.1 Å². The Hall–Kier alpha value is -6.50. The Morgan fingerprint density at radius 3 is 1.98 bits per heavy atom. The third-order valence-corrected chi connectivity index (χ3v) is 10.0. The molecule has 0 saturated heterocycles. The van der Waals surface area contributed by atoms with Crippen LogP contribution in [0.4, 0.5) is 8.78 Å². The van der Waals surface area contributed by atoms with Crippen molar-refractivity contribution < 1.29 is 23.2 Å². The fourth-order valence-electron chi connectivity index (χ4n) is 7.34. The van der Waals surface area contributed by atoms with Crippen molar-refractivity contribution >= 4 is 28.0 Å². The molecule has 0 unspecified atom stereocenters. The first kappa shape index (κ1) is 38.8. The number of amides is 1. The second kappa shape index (κ2) is 15.2. The maximum atomic E-state index is 14.3. The van der Waals surface area contributed by atoms with Gasteiger partial charge in [0.2, 0.25) is 5.54 Å². The van der Waals surface area contributed by atoms with Gasteiger partial charge in [0.1, 0.15) is 28.2 Å². The second-order valence-electron chi connectivity index (χ2n) is 15.7. The Bertz CT molecular complexity index is 2450. The number of carbonyl (C=O) groups is 1. The van der Waals surface area contributed by atoms with E-state index in [0.29, 0.717) is 46.4 Å². The Morgan fingerprint density at radius 2 is 1.46 bits per heavy atom. The van der Waals surface area contributed by atoms with Crippen molar-refractivity contribution in [3.05, 3.63) is 154 Å². The lowest BCUT2D eigenvalue weighted by Gasteiger charge is -2.38. The summed E-state index contributed by atoms with van der Waals surface area (Å²) in [7, 11) is 0. The number of aromatic nitrogens is 5. The van der Waals surface area contributed by atoms with Gasteiger partial charge >= 0.3 is 6.61 Å². The number of nitrogens with one attached hydrogen (secondary N) is 1. The first-order chi connectivity index (χ1) is 27.2. The van der Waals surface area contributed by atoms with E-state index in [1.165, 1.54) is 12.1 Å². The number of rotatable bonds is 13. The molecule has 292 valence electrons. The van der Waals surface area contributed by atoms with Crippen molar-refractivity contribution in [2.45, 2.75) is 77.2 Å². The van der Waals surface area contributed by atoms with Crippen LogP contribution in [0, 0.1) is 10.1 Å². The molecule has 1 amide bonds. The number of aryl methyl sites for hydroxylation is 1. The topological polar surface area (TPSA) is 130 Å². The molecule has 4 aromatic carbocycles. The van der Waals surface area contributed by atoms with E-state index >= 15 is 0 Å². The predicted molar refractivity (Wildman–Crippen MR) is 215 cm³/mol. The van der Waals surface area contributed by atoms with Crippen molar-refractivity contribution in [1.82, 2.24) is 29.6 Å². The zero-order valence-corrected chi connectivity index (χ0v) is 32.3. The smallest absolute Gasteiger partial charge is 0.387 e. The molecule has 11 nitrogen and oxygen atoms in total. The minimum Gasteiger partial charge on any atom is -0.435 e. The molecule has 3 aromatic heterocycles. The van der Waals surface area contributed by atoms with Crippen molar-refractivity contribution in [1.29, 1.82) is 0 Å². The number of carbonyl (C=O) groups excluding carboxylic acids is 1. The molecule has 0 atom stereocenters. The highest BCUT2D eigenvalue weighted by atomic mass is 19.3. The summed E-state index contributed by atoms with van der Waals surface area (Å²) in [6.07, 6.45) is 4.06. The lowest BCUT2D eigenvalue weighted by molar-refractivity contribution is -0.561. The summed E-state index contributed by atoms with van der Waals surface area (Å²) in [6.45, 7) is 6.09. The van der Waals surface area contributed by atoms with E-state index in [4.69, 9.17) is 19.8 Å². The molecule has 0 aliphatic carbocycles. The van der Waals surface area contributed by atoms with Crippen LogP contribution in [-0.4, -0.2) is 52.8 Å². The normalized spacial score (nSPS) is 12.4. The first-order valence-corrected chi connectivity index (χ1v) is 18.7. The molecule has 1 N–H and O–H groups in total. The van der Waals surface area contributed by atoms with Crippen LogP contribution in [0.25, 0.3) is 33.5 Å². The Morgan fingerprint density at radius 1 is 0.877 bits per heavy atom. The SMILES string of the molecule is CC(C)(C)NC(=O)c1cn(C(c2ccccc2)(c2ccccc2)c2ccccc2)c2ncc(-c3nn(CCCC(C)(C)[N+](=O)[O-])c4ccc(OC(F)F)cc34)nc12. The second-order valence-corrected chi connectivity index (χ2v) is 15.7. The van der Waals surface area contributed by atoms with Gasteiger partial charge in [0.15, 0.2) is 5.65 Å². The van der Waals surface area contributed by atoms with E-state index in [9.17, 15) is 23.7 Å². The summed E-state index contributed by atoms with van der Waals surface area (Å²) >= 11 is 0. The lowest BCUT2D eigenvalue weighted by Crippen LogP contribution is -2.40. The highest BCUT2D eigenvalue weighted by Gasteiger charge is 2.41. The lowest BCUT2D eigenvalue weighted by atomic mass is 9.76. The van der Waals surface area contributed by atoms with Crippen LogP contribution >= 0.6 is 0 Å². The number of benzene rings is 4. The molecule has 0 fully saturated rings. The van der Waals surface area contributed by atoms with Crippen LogP contribution < -0.4 is 10.1 Å². The van der Waals surface area contributed by atoms with Crippen molar-refractivity contribution in [2.75, 3.05) is 0 Å². The van der Waals surface area contributed by atoms with E-state index in [0.717, 1.165) is 16.7 Å². The molecule has 0 spiro atoms. The number of hydrogen-bond donors (Lipinski definition) is 1. The van der Waals surface area contributed by atoms with Crippen LogP contribution in [0.1, 0.15) is 74.5 Å². The Balaban J connectivity index is 1.49. The van der Waals surface area contributed by atoms with Gasteiger partial charge in [-0.25, -0.2) is 9.97 Å². The van der Waals surface area contributed by atoms with E-state index < -0.39 is 23.2 Å². The average molecular weight is 772 g/mol. The quantitative estimate of drug-likeness (QED) is 0.0703. The fourth-order valence-corrected chi connectivity index (χ4v) is 7.34. The van der Waals surface area contributed by atoms with Gasteiger partial charge < -0.3 is 14.6 Å². The van der Waals surface area contributed by atoms with Crippen LogP contribution in [0.15, 0.2) is 122 Å². The monoisotopic (exact) mass is 771 g/mol. The standard InChI is InChI=1S/C44H43F2N7O4/c1-42(2,3)49-40(54)34-28-51(44(29-16-9-6-10-17-29,30-18-11-7-12-19-30)31-20-13-8-14-21-31)39-38(34)48-35(27-47-39)37-33-26-32(57-41(45)46)22-23-36(33)52(50-37)25-15-24-43(4,5)53(55)56/h6-14,16-23,26-28,41H,15,24-25H2,1-5H3,(H,49,54). The molecule has 13 heteroatoms. The van der Waals surface area contributed by atoms with Crippen molar-refractivity contribution in [3.63, 3.8) is 0 Å². The number of hydrogen-bond acceptors (Lipinski definition) is 7. The minimum absolute atomic E-state index is 0.0726. The molecule has 0 saturated carbocycles. The third kappa shape index (κ3) is 7.57. The fraction of sp³-hybridized carbons (Fsp3) is 0.273. The highest BCUT2D eigenvalue weighted by Crippen LogP contribution is 2.44. The number of alkyl halides is 2. The molecule has 7 rings (SSSR count). The van der Waals surface area contributed by atoms with E-state index in [2.05, 4.69) is 5.32 Å². The molecule has 3 heterocycles. The molecule has 57 heavy (non-hydrogen) atoms. The van der Waals surface area contributed by atoms with E-state index in [-0.39, 0.29) is 28.6 Å². The summed E-state index contributed by atoms with van der Waals surface area (Å²) in [5, 5.41) is 20.1. The highest BCUT2D eigenvalue weighted by molar-refractivity contribution is 6.06. The van der Waals surface area contributed by atoms with Gasteiger partial charge in [-0.2, -0.15) is 13.9 Å². The minimum atomic E-state index is -3.05. The predicted octanol–water partition coefficient (Wildman–Crippen LogP) is 9.25. The summed E-state index contributed by atoms with van der Waals surface area (Å²) < 4.78 is 35.3. The van der Waals surface area contributed by atoms with Gasteiger partial charge in [-0.05, 0) is 62.1 Å². The maximum Gasteiger partial charge on any atom is 0.387 e. The number of nitro groups is 1. The van der Waals surface area contributed by atoms with Gasteiger partial charge in [-0.1, -0.05) is 91.0 Å². The third-order valence-electron chi connectivity index (χ3n) is 10.0. The molecule has 0 aliphatic heterocycles. The van der Waals surface area contributed by atoms with E-state index in [1.807, 2.05) is 116 Å². The van der Waals surface area contributed by atoms with Gasteiger partial charge in [0.25, 0.3) is 5.91 Å². The molecule has 0 radical (unpaired) electrons.